The molecular weight excluding hydrogens is 498 g/mol. The monoisotopic (exact) mass is 539 g/mol. The van der Waals surface area contributed by atoms with Gasteiger partial charge in [0, 0.05) is 57.0 Å². The lowest BCUT2D eigenvalue weighted by Gasteiger charge is -2.39. The van der Waals surface area contributed by atoms with E-state index in [0.717, 1.165) is 51.1 Å². The first-order valence-corrected chi connectivity index (χ1v) is 13.7. The van der Waals surface area contributed by atoms with Crippen molar-refractivity contribution in [3.63, 3.8) is 0 Å². The number of amides is 3. The molecule has 1 aromatic carbocycles. The molecule has 2 aliphatic heterocycles. The van der Waals surface area contributed by atoms with Crippen molar-refractivity contribution < 1.29 is 14.3 Å². The van der Waals surface area contributed by atoms with Crippen LogP contribution in [-0.2, 0) is 11.3 Å². The molecule has 2 aromatic rings. The molecule has 3 N–H and O–H groups in total. The van der Waals surface area contributed by atoms with Crippen LogP contribution in [0.5, 0.6) is 0 Å². The first kappa shape index (κ1) is 28.6. The third-order valence-electron chi connectivity index (χ3n) is 7.03. The largest absolute Gasteiger partial charge is 0.444 e. The number of nitrogens with one attached hydrogen (secondary N) is 3. The van der Waals surface area contributed by atoms with E-state index in [1.165, 1.54) is 4.57 Å². The van der Waals surface area contributed by atoms with Crippen LogP contribution in [0.1, 0.15) is 53.0 Å². The number of piperidine rings is 1. The number of aromatic nitrogens is 2. The van der Waals surface area contributed by atoms with Crippen molar-refractivity contribution in [3.05, 3.63) is 52.6 Å². The molecule has 3 heterocycles. The van der Waals surface area contributed by atoms with E-state index < -0.39 is 11.3 Å². The summed E-state index contributed by atoms with van der Waals surface area (Å²) < 4.78 is 6.82. The van der Waals surface area contributed by atoms with E-state index in [1.54, 1.807) is 17.2 Å². The minimum Gasteiger partial charge on any atom is -0.444 e. The number of hydrogen-bond acceptors (Lipinski definition) is 7. The summed E-state index contributed by atoms with van der Waals surface area (Å²) in [5.41, 5.74) is 0.889. The van der Waals surface area contributed by atoms with Crippen molar-refractivity contribution in [1.82, 2.24) is 30.0 Å². The van der Waals surface area contributed by atoms with Crippen LogP contribution in [0, 0.1) is 0 Å². The highest BCUT2D eigenvalue weighted by atomic mass is 16.6. The topological polar surface area (TPSA) is 121 Å². The Kier molecular flexibility index (Phi) is 8.91. The summed E-state index contributed by atoms with van der Waals surface area (Å²) in [6.45, 7) is 13.6. The summed E-state index contributed by atoms with van der Waals surface area (Å²) in [6.07, 6.45) is 3.01. The van der Waals surface area contributed by atoms with Gasteiger partial charge in [-0.15, -0.1) is 0 Å². The highest BCUT2D eigenvalue weighted by molar-refractivity contribution is 5.88. The Bertz CT molecular complexity index is 1190. The zero-order valence-corrected chi connectivity index (χ0v) is 23.6. The fourth-order valence-electron chi connectivity index (χ4n) is 5.11. The van der Waals surface area contributed by atoms with Crippen LogP contribution in [0.15, 0.2) is 41.3 Å². The van der Waals surface area contributed by atoms with Gasteiger partial charge in [-0.2, -0.15) is 4.98 Å². The Morgan fingerprint density at radius 2 is 1.69 bits per heavy atom. The number of benzene rings is 1. The molecule has 212 valence electrons. The maximum atomic E-state index is 12.8. The second-order valence-electron chi connectivity index (χ2n) is 11.5. The Hall–Kier alpha value is -3.44. The second kappa shape index (κ2) is 12.2. The molecule has 2 aliphatic rings. The third kappa shape index (κ3) is 7.79. The highest BCUT2D eigenvalue weighted by Crippen LogP contribution is 2.17. The number of anilines is 1. The Balaban J connectivity index is 1.29. The Morgan fingerprint density at radius 1 is 1.05 bits per heavy atom. The van der Waals surface area contributed by atoms with Gasteiger partial charge >= 0.3 is 17.8 Å². The molecule has 2 saturated heterocycles. The Labute approximate surface area is 229 Å². The van der Waals surface area contributed by atoms with Crippen molar-refractivity contribution in [3.8, 4) is 5.69 Å². The third-order valence-corrected chi connectivity index (χ3v) is 7.03. The van der Waals surface area contributed by atoms with Crippen LogP contribution >= 0.6 is 0 Å². The number of hydrogen-bond donors (Lipinski definition) is 3. The average molecular weight is 540 g/mol. The normalized spacial score (nSPS) is 20.9. The fraction of sp³-hybridized carbons (Fsp3) is 0.571. The molecule has 39 heavy (non-hydrogen) atoms. The van der Waals surface area contributed by atoms with Gasteiger partial charge in [-0.1, -0.05) is 12.1 Å². The number of carbonyl (C=O) groups excluding carboxylic acids is 2. The molecule has 1 aromatic heterocycles. The van der Waals surface area contributed by atoms with Crippen molar-refractivity contribution in [1.29, 1.82) is 0 Å². The number of urea groups is 1. The molecule has 3 amide bonds. The van der Waals surface area contributed by atoms with Crippen molar-refractivity contribution >= 4 is 17.9 Å². The molecule has 0 radical (unpaired) electrons. The summed E-state index contributed by atoms with van der Waals surface area (Å²) in [4.78, 5) is 45.8. The maximum Gasteiger partial charge on any atom is 0.407 e. The number of carbonyl (C=O) groups is 2. The summed E-state index contributed by atoms with van der Waals surface area (Å²) >= 11 is 0. The lowest BCUT2D eigenvalue weighted by Crippen LogP contribution is -2.58. The van der Waals surface area contributed by atoms with Gasteiger partial charge in [0.1, 0.15) is 11.4 Å². The minimum absolute atomic E-state index is 0.0490. The molecular formula is C28H41N7O4. The summed E-state index contributed by atoms with van der Waals surface area (Å²) in [5.74, 6) is 0.236. The molecule has 0 spiro atoms. The SMILES string of the molecule is C[C@@H]1CNC[C@H](C)N1C(=O)Nc1ccn(-c2ccc(CN3CCC(NC(=O)OC(C)(C)C)CC3)cc2)c(=O)n1. The lowest BCUT2D eigenvalue weighted by atomic mass is 10.0. The fourth-order valence-corrected chi connectivity index (χ4v) is 5.11. The van der Waals surface area contributed by atoms with E-state index in [-0.39, 0.29) is 36.1 Å². The summed E-state index contributed by atoms with van der Waals surface area (Å²) in [6, 6.07) is 9.42. The molecule has 4 rings (SSSR count). The highest BCUT2D eigenvalue weighted by Gasteiger charge is 2.29. The molecule has 0 unspecified atom stereocenters. The zero-order chi connectivity index (χ0) is 28.2. The first-order chi connectivity index (χ1) is 18.5. The first-order valence-electron chi connectivity index (χ1n) is 13.7. The molecule has 0 saturated carbocycles. The van der Waals surface area contributed by atoms with E-state index in [2.05, 4.69) is 25.8 Å². The molecule has 11 nitrogen and oxygen atoms in total. The number of alkyl carbamates (subject to hydrolysis) is 1. The van der Waals surface area contributed by atoms with Gasteiger partial charge in [-0.05, 0) is 71.2 Å². The molecule has 2 atom stereocenters. The summed E-state index contributed by atoms with van der Waals surface area (Å²) in [5, 5.41) is 9.04. The van der Waals surface area contributed by atoms with Gasteiger partial charge in [0.25, 0.3) is 0 Å². The van der Waals surface area contributed by atoms with Crippen molar-refractivity contribution in [2.75, 3.05) is 31.5 Å². The predicted molar refractivity (Wildman–Crippen MR) is 150 cm³/mol. The van der Waals surface area contributed by atoms with Crippen LogP contribution in [0.2, 0.25) is 0 Å². The molecule has 2 fully saturated rings. The minimum atomic E-state index is -0.501. The van der Waals surface area contributed by atoms with Gasteiger partial charge in [-0.25, -0.2) is 14.4 Å². The number of ether oxygens (including phenoxy) is 1. The van der Waals surface area contributed by atoms with Crippen LogP contribution in [0.25, 0.3) is 5.69 Å². The van der Waals surface area contributed by atoms with Gasteiger partial charge in [-0.3, -0.25) is 14.8 Å². The molecule has 11 heteroatoms. The summed E-state index contributed by atoms with van der Waals surface area (Å²) in [7, 11) is 0. The van der Waals surface area contributed by atoms with Crippen LogP contribution < -0.4 is 21.6 Å². The van der Waals surface area contributed by atoms with E-state index in [9.17, 15) is 14.4 Å². The second-order valence-corrected chi connectivity index (χ2v) is 11.5. The maximum absolute atomic E-state index is 12.8. The van der Waals surface area contributed by atoms with Crippen molar-refractivity contribution in [2.24, 2.45) is 0 Å². The molecule has 0 aliphatic carbocycles. The number of nitrogens with zero attached hydrogens (tertiary/aromatic N) is 4. The molecule has 0 bridgehead atoms. The van der Waals surface area contributed by atoms with E-state index in [0.29, 0.717) is 5.69 Å². The van der Waals surface area contributed by atoms with Gasteiger partial charge in [0.05, 0.1) is 5.69 Å². The van der Waals surface area contributed by atoms with Gasteiger partial charge in [0.15, 0.2) is 0 Å². The number of likely N-dealkylation sites (tertiary alicyclic amines) is 1. The van der Waals surface area contributed by atoms with E-state index >= 15 is 0 Å². The van der Waals surface area contributed by atoms with Crippen LogP contribution in [0.4, 0.5) is 15.4 Å². The standard InChI is InChI=1S/C28H41N7O4/c1-19-16-29-17-20(2)35(19)26(37)32-24-12-15-34(25(36)31-24)23-8-6-21(7-9-23)18-33-13-10-22(11-14-33)30-27(38)39-28(3,4)5/h6-9,12,15,19-20,22,29H,10-11,13-14,16-18H2,1-5H3,(H,30,38)(H,31,32,36,37)/t19-,20+. The predicted octanol–water partition coefficient (Wildman–Crippen LogP) is 2.94. The number of piperazine rings is 1. The lowest BCUT2D eigenvalue weighted by molar-refractivity contribution is 0.0477. The average Bonchev–Trinajstić information content (AvgIpc) is 2.85. The van der Waals surface area contributed by atoms with Crippen LogP contribution in [0.3, 0.4) is 0 Å². The van der Waals surface area contributed by atoms with Gasteiger partial charge in [0.2, 0.25) is 0 Å². The zero-order valence-electron chi connectivity index (χ0n) is 23.6. The van der Waals surface area contributed by atoms with Gasteiger partial charge < -0.3 is 20.3 Å². The smallest absolute Gasteiger partial charge is 0.407 e. The van der Waals surface area contributed by atoms with Crippen molar-refractivity contribution in [2.45, 2.75) is 77.7 Å². The number of rotatable bonds is 5. The van der Waals surface area contributed by atoms with Crippen LogP contribution in [-0.4, -0.2) is 81.4 Å². The van der Waals surface area contributed by atoms with E-state index in [1.807, 2.05) is 58.9 Å². The quantitative estimate of drug-likeness (QED) is 0.534. The Morgan fingerprint density at radius 3 is 2.28 bits per heavy atom. The van der Waals surface area contributed by atoms with E-state index in [4.69, 9.17) is 4.74 Å².